The fraction of sp³-hybridized carbons (Fsp3) is 0.697. The van der Waals surface area contributed by atoms with E-state index in [4.69, 9.17) is 18.9 Å². The summed E-state index contributed by atoms with van der Waals surface area (Å²) in [5.41, 5.74) is 1.12. The highest BCUT2D eigenvalue weighted by atomic mass is 19.1. The first-order valence-corrected chi connectivity index (χ1v) is 15.9. The van der Waals surface area contributed by atoms with Crippen molar-refractivity contribution in [2.45, 2.75) is 95.7 Å². The van der Waals surface area contributed by atoms with Crippen LogP contribution < -0.4 is 5.32 Å². The van der Waals surface area contributed by atoms with Crippen LogP contribution in [0.5, 0.6) is 0 Å². The zero-order valence-corrected chi connectivity index (χ0v) is 26.3. The molecule has 0 bridgehead atoms. The molecule has 1 saturated carbocycles. The second-order valence-corrected chi connectivity index (χ2v) is 12.8. The molecule has 2 amide bonds. The van der Waals surface area contributed by atoms with Gasteiger partial charge in [-0.3, -0.25) is 4.79 Å². The Hall–Kier alpha value is -2.69. The summed E-state index contributed by atoms with van der Waals surface area (Å²) in [4.78, 5) is 32.5. The summed E-state index contributed by atoms with van der Waals surface area (Å²) >= 11 is 0. The summed E-state index contributed by atoms with van der Waals surface area (Å²) in [5, 5.41) is 3.93. The predicted molar refractivity (Wildman–Crippen MR) is 164 cm³/mol. The number of aromatic amines is 1. The van der Waals surface area contributed by atoms with Crippen LogP contribution in [0.1, 0.15) is 83.6 Å². The van der Waals surface area contributed by atoms with Gasteiger partial charge in [0.25, 0.3) is 0 Å². The van der Waals surface area contributed by atoms with Gasteiger partial charge in [-0.1, -0.05) is 19.3 Å². The molecule has 9 nitrogen and oxygen atoms in total. The molecule has 240 valence electrons. The van der Waals surface area contributed by atoms with Crippen LogP contribution in [0.15, 0.2) is 24.4 Å². The van der Waals surface area contributed by atoms with Crippen molar-refractivity contribution >= 4 is 22.9 Å². The smallest absolute Gasteiger partial charge is 0.408 e. The van der Waals surface area contributed by atoms with E-state index in [1.54, 1.807) is 7.11 Å². The maximum Gasteiger partial charge on any atom is 0.408 e. The Bertz CT molecular complexity index is 1180. The van der Waals surface area contributed by atoms with E-state index >= 15 is 0 Å². The van der Waals surface area contributed by atoms with Gasteiger partial charge < -0.3 is 34.1 Å². The Morgan fingerprint density at radius 3 is 2.47 bits per heavy atom. The third-order valence-corrected chi connectivity index (χ3v) is 8.56. The molecule has 2 fully saturated rings. The average molecular weight is 604 g/mol. The zero-order valence-electron chi connectivity index (χ0n) is 26.3. The second kappa shape index (κ2) is 15.9. The van der Waals surface area contributed by atoms with E-state index in [-0.39, 0.29) is 29.6 Å². The van der Waals surface area contributed by atoms with Gasteiger partial charge in [0.15, 0.2) is 0 Å². The molecule has 1 aromatic heterocycles. The number of alkyl carbamates (subject to hydrolysis) is 1. The molecule has 3 atom stereocenters. The molecule has 2 N–H and O–H groups in total. The van der Waals surface area contributed by atoms with Crippen molar-refractivity contribution in [2.24, 2.45) is 5.92 Å². The third kappa shape index (κ3) is 9.40. The lowest BCUT2D eigenvalue weighted by atomic mass is 9.82. The highest BCUT2D eigenvalue weighted by Gasteiger charge is 2.42. The molecule has 1 aliphatic heterocycles. The van der Waals surface area contributed by atoms with Crippen molar-refractivity contribution in [3.63, 3.8) is 0 Å². The summed E-state index contributed by atoms with van der Waals surface area (Å²) in [6.45, 7) is 8.61. The minimum atomic E-state index is -0.658. The normalized spacial score (nSPS) is 19.5. The van der Waals surface area contributed by atoms with Gasteiger partial charge in [-0.05, 0) is 82.6 Å². The van der Waals surface area contributed by atoms with E-state index < -0.39 is 17.7 Å². The number of halogens is 1. The molecule has 2 heterocycles. The number of likely N-dealkylation sites (tertiary alicyclic amines) is 1. The summed E-state index contributed by atoms with van der Waals surface area (Å²) in [7, 11) is 1.64. The monoisotopic (exact) mass is 603 g/mol. The van der Waals surface area contributed by atoms with Gasteiger partial charge in [-0.2, -0.15) is 0 Å². The fourth-order valence-corrected chi connectivity index (χ4v) is 6.60. The standard InChI is InChI=1S/C33H50FN3O6/c1-33(2,3)43-32(39)36-30(23-9-6-5-7-10-23)31(38)37-15-8-11-29(37)26(14-16-41-19-20-42-18-17-40-4)27-22-35-28-21-24(34)12-13-25(27)28/h12-13,21-23,26,29-30,35H,5-11,14-20H2,1-4H3,(H,36,39). The molecular formula is C33H50FN3O6. The van der Waals surface area contributed by atoms with Crippen LogP contribution in [0.25, 0.3) is 10.9 Å². The van der Waals surface area contributed by atoms with Gasteiger partial charge in [0.1, 0.15) is 17.5 Å². The highest BCUT2D eigenvalue weighted by Crippen LogP contribution is 2.39. The molecule has 1 saturated heterocycles. The van der Waals surface area contributed by atoms with Gasteiger partial charge in [0, 0.05) is 49.3 Å². The van der Waals surface area contributed by atoms with E-state index in [9.17, 15) is 14.0 Å². The Kier molecular flexibility index (Phi) is 12.2. The van der Waals surface area contributed by atoms with E-state index in [2.05, 4.69) is 10.3 Å². The molecule has 2 aliphatic rings. The molecule has 1 aliphatic carbocycles. The SMILES string of the molecule is COCCOCCOCCC(c1c[nH]c2cc(F)ccc12)C1CCCN1C(=O)C(NC(=O)OC(C)(C)C)C1CCCCC1. The van der Waals surface area contributed by atoms with Crippen molar-refractivity contribution < 1.29 is 32.9 Å². The second-order valence-electron chi connectivity index (χ2n) is 12.8. The molecule has 43 heavy (non-hydrogen) atoms. The first kappa shape index (κ1) is 33.2. The lowest BCUT2D eigenvalue weighted by Gasteiger charge is -2.37. The van der Waals surface area contributed by atoms with E-state index in [0.29, 0.717) is 46.0 Å². The molecule has 10 heteroatoms. The number of H-pyrrole nitrogens is 1. The van der Waals surface area contributed by atoms with Crippen LogP contribution in [0.2, 0.25) is 0 Å². The number of aromatic nitrogens is 1. The first-order valence-electron chi connectivity index (χ1n) is 15.9. The van der Waals surface area contributed by atoms with Gasteiger partial charge in [-0.15, -0.1) is 0 Å². The van der Waals surface area contributed by atoms with Crippen molar-refractivity contribution in [1.29, 1.82) is 0 Å². The summed E-state index contributed by atoms with van der Waals surface area (Å²) in [5.74, 6) is -0.293. The summed E-state index contributed by atoms with van der Waals surface area (Å²) < 4.78 is 36.1. The number of hydrogen-bond donors (Lipinski definition) is 2. The van der Waals surface area contributed by atoms with E-state index in [1.807, 2.05) is 37.9 Å². The fourth-order valence-electron chi connectivity index (χ4n) is 6.60. The largest absolute Gasteiger partial charge is 0.444 e. The van der Waals surface area contributed by atoms with Crippen LogP contribution in [0, 0.1) is 11.7 Å². The average Bonchev–Trinajstić information content (AvgIpc) is 3.62. The van der Waals surface area contributed by atoms with Crippen LogP contribution >= 0.6 is 0 Å². The molecule has 2 aromatic rings. The van der Waals surface area contributed by atoms with E-state index in [0.717, 1.165) is 61.4 Å². The number of nitrogens with one attached hydrogen (secondary N) is 2. The predicted octanol–water partition coefficient (Wildman–Crippen LogP) is 5.92. The minimum absolute atomic E-state index is 0.0337. The Morgan fingerprint density at radius 2 is 1.74 bits per heavy atom. The number of amides is 2. The van der Waals surface area contributed by atoms with Gasteiger partial charge >= 0.3 is 6.09 Å². The number of rotatable bonds is 14. The van der Waals surface area contributed by atoms with Crippen LogP contribution in [-0.2, 0) is 23.7 Å². The van der Waals surface area contributed by atoms with Crippen molar-refractivity contribution in [3.05, 3.63) is 35.8 Å². The molecular weight excluding hydrogens is 553 g/mol. The lowest BCUT2D eigenvalue weighted by Crippen LogP contribution is -2.55. The van der Waals surface area contributed by atoms with Crippen molar-refractivity contribution in [3.8, 4) is 0 Å². The van der Waals surface area contributed by atoms with Gasteiger partial charge in [0.05, 0.1) is 26.4 Å². The zero-order chi connectivity index (χ0) is 30.8. The molecule has 0 radical (unpaired) electrons. The Labute approximate surface area is 255 Å². The maximum absolute atomic E-state index is 14.4. The molecule has 4 rings (SSSR count). The summed E-state index contributed by atoms with van der Waals surface area (Å²) in [6.07, 6.45) is 8.86. The quantitative estimate of drug-likeness (QED) is 0.260. The number of hydrogen-bond acceptors (Lipinski definition) is 6. The van der Waals surface area contributed by atoms with Crippen LogP contribution in [0.4, 0.5) is 9.18 Å². The van der Waals surface area contributed by atoms with Gasteiger partial charge in [-0.25, -0.2) is 9.18 Å². The number of carbonyl (C=O) groups is 2. The highest BCUT2D eigenvalue weighted by molar-refractivity contribution is 5.87. The molecule has 3 unspecified atom stereocenters. The number of ether oxygens (including phenoxy) is 4. The van der Waals surface area contributed by atoms with Crippen LogP contribution in [0.3, 0.4) is 0 Å². The van der Waals surface area contributed by atoms with Crippen LogP contribution in [-0.4, -0.2) is 86.3 Å². The first-order chi connectivity index (χ1) is 20.7. The third-order valence-electron chi connectivity index (χ3n) is 8.56. The Balaban J connectivity index is 1.54. The number of fused-ring (bicyclic) bond motifs is 1. The van der Waals surface area contributed by atoms with Gasteiger partial charge in [0.2, 0.25) is 5.91 Å². The molecule has 1 aromatic carbocycles. The topological polar surface area (TPSA) is 102 Å². The maximum atomic E-state index is 14.4. The number of methoxy groups -OCH3 is 1. The van der Waals surface area contributed by atoms with Crippen molar-refractivity contribution in [1.82, 2.24) is 15.2 Å². The van der Waals surface area contributed by atoms with E-state index in [1.165, 1.54) is 12.1 Å². The number of nitrogens with zero attached hydrogens (tertiary/aromatic N) is 1. The number of carbonyl (C=O) groups excluding carboxylic acids is 2. The number of benzene rings is 1. The summed E-state index contributed by atoms with van der Waals surface area (Å²) in [6, 6.07) is 4.08. The minimum Gasteiger partial charge on any atom is -0.444 e. The molecule has 0 spiro atoms. The Morgan fingerprint density at radius 1 is 1.02 bits per heavy atom. The van der Waals surface area contributed by atoms with Crippen molar-refractivity contribution in [2.75, 3.05) is 46.7 Å². The lowest BCUT2D eigenvalue weighted by molar-refractivity contribution is -0.136.